The van der Waals surface area contributed by atoms with Gasteiger partial charge in [0.05, 0.1) is 5.39 Å². The lowest BCUT2D eigenvalue weighted by Crippen LogP contribution is -2.49. The molecule has 0 bridgehead atoms. The third-order valence-electron chi connectivity index (χ3n) is 3.70. The van der Waals surface area contributed by atoms with Gasteiger partial charge in [-0.05, 0) is 26.0 Å². The van der Waals surface area contributed by atoms with Gasteiger partial charge in [0.2, 0.25) is 0 Å². The summed E-state index contributed by atoms with van der Waals surface area (Å²) in [6.45, 7) is 8.74. The van der Waals surface area contributed by atoms with E-state index in [1.165, 1.54) is 0 Å². The van der Waals surface area contributed by atoms with E-state index in [0.29, 0.717) is 6.04 Å². The molecule has 1 saturated heterocycles. The van der Waals surface area contributed by atoms with E-state index in [1.807, 2.05) is 18.2 Å². The highest BCUT2D eigenvalue weighted by Crippen LogP contribution is 2.26. The minimum Gasteiger partial charge on any atom is -0.354 e. The molecule has 2 heterocycles. The molecule has 2 aromatic rings. The fourth-order valence-electron chi connectivity index (χ4n) is 2.55. The Morgan fingerprint density at radius 2 is 1.83 bits per heavy atom. The van der Waals surface area contributed by atoms with Crippen LogP contribution >= 0.6 is 0 Å². The van der Waals surface area contributed by atoms with Crippen LogP contribution in [0, 0.1) is 0 Å². The van der Waals surface area contributed by atoms with Crippen LogP contribution in [0.3, 0.4) is 0 Å². The summed E-state index contributed by atoms with van der Waals surface area (Å²) in [4.78, 5) is 4.82. The third-order valence-corrected chi connectivity index (χ3v) is 3.70. The van der Waals surface area contributed by atoms with E-state index in [4.69, 9.17) is 4.52 Å². The molecule has 0 amide bonds. The molecule has 0 aliphatic carbocycles. The van der Waals surface area contributed by atoms with Crippen molar-refractivity contribution in [2.24, 2.45) is 0 Å². The van der Waals surface area contributed by atoms with Gasteiger partial charge in [0, 0.05) is 32.2 Å². The molecule has 0 radical (unpaired) electrons. The number of hydrogen-bond donors (Lipinski definition) is 0. The summed E-state index contributed by atoms with van der Waals surface area (Å²) in [7, 11) is 0. The maximum Gasteiger partial charge on any atom is 0.180 e. The Labute approximate surface area is 107 Å². The van der Waals surface area contributed by atoms with E-state index < -0.39 is 0 Å². The lowest BCUT2D eigenvalue weighted by Gasteiger charge is -2.36. The topological polar surface area (TPSA) is 32.5 Å². The molecular formula is C14H19N3O. The first-order valence-electron chi connectivity index (χ1n) is 6.59. The minimum atomic E-state index is 0.626. The molecule has 0 unspecified atom stereocenters. The molecule has 18 heavy (non-hydrogen) atoms. The minimum absolute atomic E-state index is 0.626. The SMILES string of the molecule is CC(C)N1CCN(c2noc3ccccc23)CC1. The first-order chi connectivity index (χ1) is 8.75. The number of nitrogens with zero attached hydrogens (tertiary/aromatic N) is 3. The van der Waals surface area contributed by atoms with Crippen molar-refractivity contribution >= 4 is 16.8 Å². The molecule has 1 aromatic carbocycles. The van der Waals surface area contributed by atoms with Crippen LogP contribution in [0.25, 0.3) is 11.0 Å². The number of hydrogen-bond acceptors (Lipinski definition) is 4. The van der Waals surface area contributed by atoms with Crippen molar-refractivity contribution in [1.82, 2.24) is 10.1 Å². The molecule has 3 rings (SSSR count). The zero-order valence-electron chi connectivity index (χ0n) is 11.0. The molecule has 1 aliphatic heterocycles. The Bertz CT molecular complexity index is 527. The van der Waals surface area contributed by atoms with Gasteiger partial charge in [0.1, 0.15) is 0 Å². The van der Waals surface area contributed by atoms with Gasteiger partial charge in [-0.2, -0.15) is 0 Å². The van der Waals surface area contributed by atoms with Crippen molar-refractivity contribution in [3.63, 3.8) is 0 Å². The summed E-state index contributed by atoms with van der Waals surface area (Å²) in [6, 6.07) is 8.69. The fraction of sp³-hybridized carbons (Fsp3) is 0.500. The second kappa shape index (κ2) is 4.61. The van der Waals surface area contributed by atoms with E-state index in [9.17, 15) is 0 Å². The lowest BCUT2D eigenvalue weighted by atomic mass is 10.2. The van der Waals surface area contributed by atoms with Crippen LogP contribution in [0.4, 0.5) is 5.82 Å². The highest BCUT2D eigenvalue weighted by Gasteiger charge is 2.22. The van der Waals surface area contributed by atoms with E-state index in [2.05, 4.69) is 34.9 Å². The second-order valence-corrected chi connectivity index (χ2v) is 5.12. The van der Waals surface area contributed by atoms with Crippen LogP contribution in [0.1, 0.15) is 13.8 Å². The number of para-hydroxylation sites is 1. The van der Waals surface area contributed by atoms with Crippen LogP contribution in [0.5, 0.6) is 0 Å². The van der Waals surface area contributed by atoms with Gasteiger partial charge < -0.3 is 9.42 Å². The quantitative estimate of drug-likeness (QED) is 0.813. The molecule has 0 spiro atoms. The molecule has 0 saturated carbocycles. The molecular weight excluding hydrogens is 226 g/mol. The zero-order chi connectivity index (χ0) is 12.5. The summed E-state index contributed by atoms with van der Waals surface area (Å²) < 4.78 is 5.37. The number of anilines is 1. The second-order valence-electron chi connectivity index (χ2n) is 5.12. The summed E-state index contributed by atoms with van der Waals surface area (Å²) in [5.41, 5.74) is 0.874. The summed E-state index contributed by atoms with van der Waals surface area (Å²) in [6.07, 6.45) is 0. The first-order valence-corrected chi connectivity index (χ1v) is 6.59. The molecule has 96 valence electrons. The van der Waals surface area contributed by atoms with Gasteiger partial charge in [-0.3, -0.25) is 4.90 Å². The maximum atomic E-state index is 5.37. The van der Waals surface area contributed by atoms with Crippen LogP contribution < -0.4 is 4.90 Å². The molecule has 0 N–H and O–H groups in total. The van der Waals surface area contributed by atoms with Crippen LogP contribution in [-0.4, -0.2) is 42.3 Å². The molecule has 1 fully saturated rings. The van der Waals surface area contributed by atoms with E-state index >= 15 is 0 Å². The average molecular weight is 245 g/mol. The standard InChI is InChI=1S/C14H19N3O/c1-11(2)16-7-9-17(10-8-16)14-12-5-3-4-6-13(12)18-15-14/h3-6,11H,7-10H2,1-2H3. The fourth-order valence-corrected chi connectivity index (χ4v) is 2.55. The monoisotopic (exact) mass is 245 g/mol. The maximum absolute atomic E-state index is 5.37. The van der Waals surface area contributed by atoms with Crippen LogP contribution in [-0.2, 0) is 0 Å². The van der Waals surface area contributed by atoms with Crippen molar-refractivity contribution < 1.29 is 4.52 Å². The van der Waals surface area contributed by atoms with Crippen molar-refractivity contribution in [2.75, 3.05) is 31.1 Å². The predicted octanol–water partition coefficient (Wildman–Crippen LogP) is 2.36. The molecule has 1 aliphatic rings. The summed E-state index contributed by atoms with van der Waals surface area (Å²) in [5, 5.41) is 5.34. The number of rotatable bonds is 2. The number of aromatic nitrogens is 1. The third kappa shape index (κ3) is 1.97. The highest BCUT2D eigenvalue weighted by molar-refractivity contribution is 5.88. The number of fused-ring (bicyclic) bond motifs is 1. The van der Waals surface area contributed by atoms with Gasteiger partial charge in [-0.15, -0.1) is 0 Å². The van der Waals surface area contributed by atoms with Gasteiger partial charge in [-0.25, -0.2) is 0 Å². The summed E-state index contributed by atoms with van der Waals surface area (Å²) >= 11 is 0. The Morgan fingerprint density at radius 3 is 2.56 bits per heavy atom. The molecule has 1 aromatic heterocycles. The average Bonchev–Trinajstić information content (AvgIpc) is 2.82. The lowest BCUT2D eigenvalue weighted by molar-refractivity contribution is 0.208. The van der Waals surface area contributed by atoms with E-state index in [1.54, 1.807) is 0 Å². The predicted molar refractivity (Wildman–Crippen MR) is 72.9 cm³/mol. The van der Waals surface area contributed by atoms with Crippen molar-refractivity contribution in [3.8, 4) is 0 Å². The Balaban J connectivity index is 1.80. The van der Waals surface area contributed by atoms with E-state index in [0.717, 1.165) is 43.0 Å². The largest absolute Gasteiger partial charge is 0.354 e. The van der Waals surface area contributed by atoms with Crippen molar-refractivity contribution in [1.29, 1.82) is 0 Å². The van der Waals surface area contributed by atoms with E-state index in [-0.39, 0.29) is 0 Å². The molecule has 0 atom stereocenters. The number of benzene rings is 1. The zero-order valence-corrected chi connectivity index (χ0v) is 11.0. The Hall–Kier alpha value is -1.55. The first kappa shape index (κ1) is 11.5. The van der Waals surface area contributed by atoms with Gasteiger partial charge >= 0.3 is 0 Å². The Kier molecular flexibility index (Phi) is 2.96. The van der Waals surface area contributed by atoms with Crippen LogP contribution in [0.15, 0.2) is 28.8 Å². The summed E-state index contributed by atoms with van der Waals surface area (Å²) in [5.74, 6) is 0.994. The normalized spacial score (nSPS) is 17.8. The highest BCUT2D eigenvalue weighted by atomic mass is 16.5. The molecule has 4 nitrogen and oxygen atoms in total. The van der Waals surface area contributed by atoms with Crippen molar-refractivity contribution in [3.05, 3.63) is 24.3 Å². The van der Waals surface area contributed by atoms with Gasteiger partial charge in [0.15, 0.2) is 11.4 Å². The molecule has 4 heteroatoms. The Morgan fingerprint density at radius 1 is 1.11 bits per heavy atom. The van der Waals surface area contributed by atoms with Crippen LogP contribution in [0.2, 0.25) is 0 Å². The van der Waals surface area contributed by atoms with Crippen molar-refractivity contribution in [2.45, 2.75) is 19.9 Å². The van der Waals surface area contributed by atoms with Gasteiger partial charge in [0.25, 0.3) is 0 Å². The number of piperazine rings is 1. The van der Waals surface area contributed by atoms with Gasteiger partial charge in [-0.1, -0.05) is 17.3 Å². The smallest absolute Gasteiger partial charge is 0.180 e.